The third-order valence-electron chi connectivity index (χ3n) is 2.83. The summed E-state index contributed by atoms with van der Waals surface area (Å²) in [5, 5.41) is 10.3. The van der Waals surface area contributed by atoms with Crippen LogP contribution in [0.5, 0.6) is 0 Å². The summed E-state index contributed by atoms with van der Waals surface area (Å²) in [4.78, 5) is 22.2. The van der Waals surface area contributed by atoms with E-state index in [4.69, 9.17) is 5.11 Å². The minimum atomic E-state index is -3.44. The molecule has 0 heterocycles. The maximum Gasteiger partial charge on any atom is 0.407 e. The highest BCUT2D eigenvalue weighted by atomic mass is 32.2. The van der Waals surface area contributed by atoms with Crippen LogP contribution in [0.2, 0.25) is 0 Å². The average Bonchev–Trinajstić information content (AvgIpc) is 2.99. The molecule has 0 saturated heterocycles. The summed E-state index contributed by atoms with van der Waals surface area (Å²) in [6.45, 7) is 3.08. The Balaban J connectivity index is 2.61. The van der Waals surface area contributed by atoms with Gasteiger partial charge in [0.25, 0.3) is 0 Å². The van der Waals surface area contributed by atoms with Crippen LogP contribution < -0.4 is 5.32 Å². The Morgan fingerprint density at radius 3 is 2.61 bits per heavy atom. The molecule has 1 rings (SSSR count). The van der Waals surface area contributed by atoms with Crippen LogP contribution in [0.1, 0.15) is 6.42 Å². The average molecular weight is 277 g/mol. The second kappa shape index (κ2) is 4.97. The summed E-state index contributed by atoms with van der Waals surface area (Å²) in [6, 6.07) is 0. The highest BCUT2D eigenvalue weighted by Gasteiger charge is 2.65. The van der Waals surface area contributed by atoms with Crippen molar-refractivity contribution in [3.63, 3.8) is 0 Å². The second-order valence-electron chi connectivity index (χ2n) is 4.22. The van der Waals surface area contributed by atoms with Crippen molar-refractivity contribution in [3.05, 3.63) is 12.7 Å². The minimum absolute atomic E-state index is 0.00140. The zero-order valence-corrected chi connectivity index (χ0v) is 10.7. The largest absolute Gasteiger partial charge is 0.481 e. The van der Waals surface area contributed by atoms with Gasteiger partial charge in [0.15, 0.2) is 9.84 Å². The van der Waals surface area contributed by atoms with E-state index in [0.29, 0.717) is 0 Å². The number of rotatable bonds is 6. The van der Waals surface area contributed by atoms with E-state index in [2.05, 4.69) is 16.6 Å². The summed E-state index contributed by atoms with van der Waals surface area (Å²) >= 11 is 0. The van der Waals surface area contributed by atoms with Crippen molar-refractivity contribution in [1.29, 1.82) is 0 Å². The molecule has 0 aromatic rings. The monoisotopic (exact) mass is 277 g/mol. The van der Waals surface area contributed by atoms with Gasteiger partial charge in [0, 0.05) is 12.8 Å². The molecule has 0 aromatic carbocycles. The van der Waals surface area contributed by atoms with E-state index in [1.807, 2.05) is 0 Å². The Morgan fingerprint density at radius 1 is 1.61 bits per heavy atom. The quantitative estimate of drug-likeness (QED) is 0.650. The van der Waals surface area contributed by atoms with Gasteiger partial charge in [-0.2, -0.15) is 0 Å². The predicted molar refractivity (Wildman–Crippen MR) is 62.9 cm³/mol. The molecule has 1 aliphatic carbocycles. The summed E-state index contributed by atoms with van der Waals surface area (Å²) in [6.07, 6.45) is 1.55. The Bertz CT molecular complexity index is 471. The van der Waals surface area contributed by atoms with Crippen LogP contribution in [0.25, 0.3) is 0 Å². The molecular formula is C10H15NO6S. The molecule has 0 bridgehead atoms. The lowest BCUT2D eigenvalue weighted by molar-refractivity contribution is -0.143. The van der Waals surface area contributed by atoms with Crippen LogP contribution >= 0.6 is 0 Å². The smallest absolute Gasteiger partial charge is 0.407 e. The molecule has 1 amide bonds. The summed E-state index contributed by atoms with van der Waals surface area (Å²) in [7, 11) is -3.44. The Kier molecular flexibility index (Phi) is 4.00. The lowest BCUT2D eigenvalue weighted by Crippen LogP contribution is -2.37. The zero-order chi connectivity index (χ0) is 14.0. The Hall–Kier alpha value is -1.57. The number of nitrogens with one attached hydrogen (secondary N) is 1. The first kappa shape index (κ1) is 14.5. The van der Waals surface area contributed by atoms with Gasteiger partial charge in [-0.1, -0.05) is 12.7 Å². The molecule has 2 N–H and O–H groups in total. The number of alkyl carbamates (subject to hydrolysis) is 1. The third-order valence-corrected chi connectivity index (χ3v) is 4.48. The number of carboxylic acids is 1. The van der Waals surface area contributed by atoms with Crippen molar-refractivity contribution in [1.82, 2.24) is 5.32 Å². The van der Waals surface area contributed by atoms with E-state index in [0.717, 1.165) is 6.26 Å². The Labute approximate surface area is 105 Å². The minimum Gasteiger partial charge on any atom is -0.481 e. The van der Waals surface area contributed by atoms with Crippen LogP contribution in [-0.4, -0.2) is 50.2 Å². The molecule has 0 aromatic heterocycles. The van der Waals surface area contributed by atoms with Crippen molar-refractivity contribution in [2.24, 2.45) is 5.41 Å². The van der Waals surface area contributed by atoms with Gasteiger partial charge in [0.05, 0.1) is 5.25 Å². The number of carbonyl (C=O) groups is 2. The van der Waals surface area contributed by atoms with Crippen LogP contribution in [-0.2, 0) is 19.4 Å². The molecular weight excluding hydrogens is 262 g/mol. The SMILES string of the molecule is C=CCOC(=O)NCC1(C(=O)O)CC1S(C)(=O)=O. The fourth-order valence-electron chi connectivity index (χ4n) is 1.74. The van der Waals surface area contributed by atoms with Gasteiger partial charge >= 0.3 is 12.1 Å². The number of amides is 1. The predicted octanol–water partition coefficient (Wildman–Crippen LogP) is -0.213. The standard InChI is InChI=1S/C10H15NO6S/c1-3-4-17-9(14)11-6-10(8(12)13)5-7(10)18(2,15)16/h3,7H,1,4-6H2,2H3,(H,11,14)(H,12,13). The van der Waals surface area contributed by atoms with E-state index in [9.17, 15) is 18.0 Å². The fourth-order valence-corrected chi connectivity index (χ4v) is 3.34. The summed E-state index contributed by atoms with van der Waals surface area (Å²) < 4.78 is 27.2. The van der Waals surface area contributed by atoms with Crippen molar-refractivity contribution in [2.75, 3.05) is 19.4 Å². The van der Waals surface area contributed by atoms with Gasteiger partial charge in [-0.25, -0.2) is 13.2 Å². The third kappa shape index (κ3) is 3.00. The van der Waals surface area contributed by atoms with Crippen molar-refractivity contribution < 1.29 is 27.9 Å². The first-order valence-corrected chi connectivity index (χ1v) is 7.13. The molecule has 0 spiro atoms. The normalized spacial score (nSPS) is 26.2. The molecule has 7 nitrogen and oxygen atoms in total. The maximum absolute atomic E-state index is 11.3. The summed E-state index contributed by atoms with van der Waals surface area (Å²) in [5.74, 6) is -1.23. The van der Waals surface area contributed by atoms with Gasteiger partial charge in [-0.15, -0.1) is 0 Å². The van der Waals surface area contributed by atoms with Gasteiger partial charge in [0.2, 0.25) is 0 Å². The molecule has 18 heavy (non-hydrogen) atoms. The van der Waals surface area contributed by atoms with E-state index in [-0.39, 0.29) is 19.6 Å². The molecule has 2 atom stereocenters. The van der Waals surface area contributed by atoms with E-state index in [1.54, 1.807) is 0 Å². The molecule has 1 fully saturated rings. The van der Waals surface area contributed by atoms with E-state index < -0.39 is 32.6 Å². The van der Waals surface area contributed by atoms with Crippen molar-refractivity contribution in [3.8, 4) is 0 Å². The van der Waals surface area contributed by atoms with Gasteiger partial charge in [0.1, 0.15) is 12.0 Å². The van der Waals surface area contributed by atoms with Gasteiger partial charge < -0.3 is 15.2 Å². The lowest BCUT2D eigenvalue weighted by Gasteiger charge is -2.12. The molecule has 0 aliphatic heterocycles. The number of hydrogen-bond acceptors (Lipinski definition) is 5. The molecule has 1 saturated carbocycles. The molecule has 1 aliphatic rings. The number of carbonyl (C=O) groups excluding carboxylic acids is 1. The van der Waals surface area contributed by atoms with Crippen LogP contribution in [0, 0.1) is 5.41 Å². The van der Waals surface area contributed by atoms with Crippen LogP contribution in [0.3, 0.4) is 0 Å². The molecule has 2 unspecified atom stereocenters. The molecule has 8 heteroatoms. The molecule has 102 valence electrons. The number of sulfone groups is 1. The van der Waals surface area contributed by atoms with Crippen LogP contribution in [0.4, 0.5) is 4.79 Å². The highest BCUT2D eigenvalue weighted by molar-refractivity contribution is 7.91. The fraction of sp³-hybridized carbons (Fsp3) is 0.600. The van der Waals surface area contributed by atoms with Crippen LogP contribution in [0.15, 0.2) is 12.7 Å². The summed E-state index contributed by atoms with van der Waals surface area (Å²) in [5.41, 5.74) is -1.43. The number of hydrogen-bond donors (Lipinski definition) is 2. The number of aliphatic carboxylic acids is 1. The molecule has 0 radical (unpaired) electrons. The lowest BCUT2D eigenvalue weighted by atomic mass is 10.1. The first-order chi connectivity index (χ1) is 8.24. The van der Waals surface area contributed by atoms with Crippen molar-refractivity contribution >= 4 is 21.9 Å². The van der Waals surface area contributed by atoms with Gasteiger partial charge in [-0.3, -0.25) is 4.79 Å². The van der Waals surface area contributed by atoms with Gasteiger partial charge in [-0.05, 0) is 6.42 Å². The highest BCUT2D eigenvalue weighted by Crippen LogP contribution is 2.50. The van der Waals surface area contributed by atoms with E-state index in [1.165, 1.54) is 6.08 Å². The first-order valence-electron chi connectivity index (χ1n) is 5.18. The van der Waals surface area contributed by atoms with Crippen molar-refractivity contribution in [2.45, 2.75) is 11.7 Å². The number of carboxylic acid groups (broad SMARTS) is 1. The maximum atomic E-state index is 11.3. The number of ether oxygens (including phenoxy) is 1. The zero-order valence-electron chi connectivity index (χ0n) is 9.88. The van der Waals surface area contributed by atoms with E-state index >= 15 is 0 Å². The second-order valence-corrected chi connectivity index (χ2v) is 6.45. The topological polar surface area (TPSA) is 110 Å². The Morgan fingerprint density at radius 2 is 2.22 bits per heavy atom.